The topological polar surface area (TPSA) is 61.9 Å². The Balaban J connectivity index is 1.45. The summed E-state index contributed by atoms with van der Waals surface area (Å²) < 4.78 is 1.97. The molecule has 1 unspecified atom stereocenters. The quantitative estimate of drug-likeness (QED) is 0.685. The predicted molar refractivity (Wildman–Crippen MR) is 107 cm³/mol. The molecular formula is C23H22N4O. The molecule has 28 heavy (non-hydrogen) atoms. The van der Waals surface area contributed by atoms with Crippen LogP contribution in [0.25, 0.3) is 22.3 Å². The summed E-state index contributed by atoms with van der Waals surface area (Å²) in [5.74, 6) is 0.240. The molecule has 1 aliphatic heterocycles. The van der Waals surface area contributed by atoms with E-state index in [9.17, 15) is 10.1 Å². The minimum atomic E-state index is 0.0484. The van der Waals surface area contributed by atoms with Crippen LogP contribution < -0.4 is 0 Å². The fourth-order valence-corrected chi connectivity index (χ4v) is 4.59. The average molecular weight is 370 g/mol. The number of carbonyl (C=O) groups excluding carboxylic acids is 1. The minimum Gasteiger partial charge on any atom is -0.348 e. The van der Waals surface area contributed by atoms with Crippen LogP contribution in [0.15, 0.2) is 48.7 Å². The van der Waals surface area contributed by atoms with Gasteiger partial charge in [-0.1, -0.05) is 30.3 Å². The molecule has 5 heteroatoms. The summed E-state index contributed by atoms with van der Waals surface area (Å²) in [4.78, 5) is 20.0. The monoisotopic (exact) mass is 370 g/mol. The fourth-order valence-electron chi connectivity index (χ4n) is 4.59. The van der Waals surface area contributed by atoms with Gasteiger partial charge in [0.2, 0.25) is 0 Å². The first-order valence-electron chi connectivity index (χ1n) is 9.82. The van der Waals surface area contributed by atoms with Gasteiger partial charge in [-0.15, -0.1) is 0 Å². The normalized spacial score (nSPS) is 20.3. The van der Waals surface area contributed by atoms with E-state index in [-0.39, 0.29) is 17.2 Å². The minimum absolute atomic E-state index is 0.0484. The summed E-state index contributed by atoms with van der Waals surface area (Å²) in [6.07, 6.45) is 4.77. The summed E-state index contributed by atoms with van der Waals surface area (Å²) in [6.45, 7) is 1.46. The largest absolute Gasteiger partial charge is 0.348 e. The molecule has 1 saturated carbocycles. The average Bonchev–Trinajstić information content (AvgIpc) is 3.32. The molecule has 1 spiro atoms. The van der Waals surface area contributed by atoms with E-state index in [2.05, 4.69) is 6.07 Å². The molecule has 0 N–H and O–H groups in total. The first-order valence-corrected chi connectivity index (χ1v) is 9.82. The highest BCUT2D eigenvalue weighted by Gasteiger charge is 2.55. The van der Waals surface area contributed by atoms with Crippen molar-refractivity contribution in [3.63, 3.8) is 0 Å². The first-order chi connectivity index (χ1) is 13.6. The Bertz CT molecular complexity index is 1100. The highest BCUT2D eigenvalue weighted by Crippen LogP contribution is 2.59. The van der Waals surface area contributed by atoms with Gasteiger partial charge in [-0.2, -0.15) is 5.26 Å². The predicted octanol–water partition coefficient (Wildman–Crippen LogP) is 4.01. The van der Waals surface area contributed by atoms with Gasteiger partial charge in [-0.25, -0.2) is 4.98 Å². The lowest BCUT2D eigenvalue weighted by atomic mass is 9.91. The van der Waals surface area contributed by atoms with Crippen LogP contribution in [0, 0.1) is 22.7 Å². The number of nitriles is 1. The number of hydrogen-bond donors (Lipinski definition) is 0. The lowest BCUT2D eigenvalue weighted by Gasteiger charge is -2.32. The van der Waals surface area contributed by atoms with Crippen LogP contribution in [0.1, 0.15) is 29.6 Å². The number of aromatic nitrogens is 2. The van der Waals surface area contributed by atoms with E-state index in [1.807, 2.05) is 65.2 Å². The van der Waals surface area contributed by atoms with Gasteiger partial charge in [-0.3, -0.25) is 4.79 Å². The van der Waals surface area contributed by atoms with Gasteiger partial charge in [0.1, 0.15) is 5.52 Å². The highest BCUT2D eigenvalue weighted by atomic mass is 16.2. The number of benzene rings is 1. The second-order valence-electron chi connectivity index (χ2n) is 8.12. The molecule has 140 valence electrons. The van der Waals surface area contributed by atoms with Crippen LogP contribution in [0.3, 0.4) is 0 Å². The van der Waals surface area contributed by atoms with Crippen LogP contribution in [-0.2, 0) is 7.05 Å². The molecule has 5 rings (SSSR count). The van der Waals surface area contributed by atoms with E-state index >= 15 is 0 Å². The van der Waals surface area contributed by atoms with Crippen molar-refractivity contribution in [3.8, 4) is 17.3 Å². The maximum absolute atomic E-state index is 13.3. The molecule has 1 amide bonds. The Morgan fingerprint density at radius 1 is 1.18 bits per heavy atom. The van der Waals surface area contributed by atoms with Crippen molar-refractivity contribution < 1.29 is 4.79 Å². The molecule has 0 radical (unpaired) electrons. The van der Waals surface area contributed by atoms with Crippen LogP contribution in [0.5, 0.6) is 0 Å². The molecule has 3 aromatic rings. The van der Waals surface area contributed by atoms with E-state index in [4.69, 9.17) is 4.98 Å². The zero-order chi connectivity index (χ0) is 19.3. The number of carbonyl (C=O) groups is 1. The SMILES string of the molecule is Cn1cc(C(=O)N2CCC3(CC2)CC3C#N)c2nc(-c3ccccc3)ccc21. The van der Waals surface area contributed by atoms with Crippen molar-refractivity contribution in [2.45, 2.75) is 19.3 Å². The van der Waals surface area contributed by atoms with Crippen molar-refractivity contribution in [3.05, 3.63) is 54.2 Å². The van der Waals surface area contributed by atoms with E-state index in [1.165, 1.54) is 0 Å². The number of hydrogen-bond acceptors (Lipinski definition) is 3. The van der Waals surface area contributed by atoms with Gasteiger partial charge in [0.25, 0.3) is 5.91 Å². The number of piperidine rings is 1. The molecule has 5 nitrogen and oxygen atoms in total. The van der Waals surface area contributed by atoms with E-state index in [1.54, 1.807) is 0 Å². The zero-order valence-electron chi connectivity index (χ0n) is 15.9. The van der Waals surface area contributed by atoms with Gasteiger partial charge in [0, 0.05) is 31.9 Å². The van der Waals surface area contributed by atoms with Gasteiger partial charge < -0.3 is 9.47 Å². The van der Waals surface area contributed by atoms with Crippen molar-refractivity contribution in [1.29, 1.82) is 5.26 Å². The Hall–Kier alpha value is -3.13. The highest BCUT2D eigenvalue weighted by molar-refractivity contribution is 6.05. The van der Waals surface area contributed by atoms with Crippen LogP contribution >= 0.6 is 0 Å². The van der Waals surface area contributed by atoms with Gasteiger partial charge in [-0.05, 0) is 36.8 Å². The van der Waals surface area contributed by atoms with Crippen LogP contribution in [0.4, 0.5) is 0 Å². The van der Waals surface area contributed by atoms with Crippen molar-refractivity contribution >= 4 is 16.9 Å². The van der Waals surface area contributed by atoms with Gasteiger partial charge >= 0.3 is 0 Å². The molecule has 1 saturated heterocycles. The van der Waals surface area contributed by atoms with Crippen molar-refractivity contribution in [1.82, 2.24) is 14.5 Å². The van der Waals surface area contributed by atoms with Gasteiger partial charge in [0.15, 0.2) is 0 Å². The number of fused-ring (bicyclic) bond motifs is 1. The molecule has 1 aromatic carbocycles. The summed E-state index contributed by atoms with van der Waals surface area (Å²) in [5, 5.41) is 9.18. The second-order valence-corrected chi connectivity index (χ2v) is 8.12. The van der Waals surface area contributed by atoms with E-state index in [0.29, 0.717) is 5.56 Å². The summed E-state index contributed by atoms with van der Waals surface area (Å²) in [5.41, 5.74) is 4.49. The number of nitrogens with zero attached hydrogens (tertiary/aromatic N) is 4. The van der Waals surface area contributed by atoms with Gasteiger partial charge in [0.05, 0.1) is 28.8 Å². The molecule has 1 aliphatic carbocycles. The Kier molecular flexibility index (Phi) is 3.77. The Labute approximate surface area is 164 Å². The van der Waals surface area contributed by atoms with E-state index in [0.717, 1.165) is 54.6 Å². The zero-order valence-corrected chi connectivity index (χ0v) is 15.9. The smallest absolute Gasteiger partial charge is 0.257 e. The lowest BCUT2D eigenvalue weighted by Crippen LogP contribution is -2.39. The molecule has 3 heterocycles. The first kappa shape index (κ1) is 17.0. The molecule has 0 bridgehead atoms. The standard InChI is InChI=1S/C23H22N4O/c1-26-15-18(22(28)27-11-9-23(10-12-27)13-17(23)14-24)21-20(26)8-7-19(25-21)16-5-3-2-4-6-16/h2-8,15,17H,9-13H2,1H3. The summed E-state index contributed by atoms with van der Waals surface area (Å²) in [7, 11) is 1.95. The summed E-state index contributed by atoms with van der Waals surface area (Å²) in [6, 6.07) is 16.5. The fraction of sp³-hybridized carbons (Fsp3) is 0.348. The Morgan fingerprint density at radius 2 is 1.93 bits per heavy atom. The number of aryl methyl sites for hydroxylation is 1. The Morgan fingerprint density at radius 3 is 2.61 bits per heavy atom. The third-order valence-electron chi connectivity index (χ3n) is 6.52. The number of pyridine rings is 1. The summed E-state index contributed by atoms with van der Waals surface area (Å²) >= 11 is 0. The third-order valence-corrected chi connectivity index (χ3v) is 6.52. The van der Waals surface area contributed by atoms with Crippen molar-refractivity contribution in [2.75, 3.05) is 13.1 Å². The van der Waals surface area contributed by atoms with E-state index < -0.39 is 0 Å². The molecule has 2 aliphatic rings. The van der Waals surface area contributed by atoms with Crippen LogP contribution in [-0.4, -0.2) is 33.4 Å². The maximum Gasteiger partial charge on any atom is 0.257 e. The number of amides is 1. The molecule has 2 aromatic heterocycles. The molecular weight excluding hydrogens is 348 g/mol. The molecule has 1 atom stereocenters. The number of rotatable bonds is 2. The number of likely N-dealkylation sites (tertiary alicyclic amines) is 1. The molecule has 2 fully saturated rings. The second kappa shape index (κ2) is 6.20. The lowest BCUT2D eigenvalue weighted by molar-refractivity contribution is 0.0675. The van der Waals surface area contributed by atoms with Crippen molar-refractivity contribution in [2.24, 2.45) is 18.4 Å². The third kappa shape index (κ3) is 2.60. The van der Waals surface area contributed by atoms with Crippen LogP contribution in [0.2, 0.25) is 0 Å². The maximum atomic E-state index is 13.3.